The molecule has 1 saturated carbocycles. The van der Waals surface area contributed by atoms with Crippen molar-refractivity contribution < 1.29 is 32.3 Å². The summed E-state index contributed by atoms with van der Waals surface area (Å²) in [5, 5.41) is 12.3. The average Bonchev–Trinajstić information content (AvgIpc) is 3.73. The van der Waals surface area contributed by atoms with E-state index in [1.165, 1.54) is 34.6 Å². The van der Waals surface area contributed by atoms with Gasteiger partial charge >= 0.3 is 5.69 Å². The molecule has 3 aliphatic rings. The molecule has 6 aromatic rings. The molecule has 1 unspecified atom stereocenters. The van der Waals surface area contributed by atoms with Crippen molar-refractivity contribution in [3.8, 4) is 17.1 Å². The number of pyridine rings is 1. The van der Waals surface area contributed by atoms with Gasteiger partial charge in [0, 0.05) is 58.0 Å². The molecule has 2 aromatic carbocycles. The van der Waals surface area contributed by atoms with Crippen molar-refractivity contribution in [3.63, 3.8) is 0 Å². The molecule has 0 bridgehead atoms. The molecular formula is C47H53F2N11O6. The third kappa shape index (κ3) is 10.3. The number of imidazole rings is 1. The van der Waals surface area contributed by atoms with E-state index >= 15 is 0 Å². The number of alkyl halides is 2. The second-order valence-electron chi connectivity index (χ2n) is 17.5. The van der Waals surface area contributed by atoms with Gasteiger partial charge in [-0.25, -0.2) is 28.2 Å². The molecular weight excluding hydrogens is 853 g/mol. The van der Waals surface area contributed by atoms with Gasteiger partial charge in [-0.15, -0.1) is 0 Å². The van der Waals surface area contributed by atoms with Gasteiger partial charge in [-0.1, -0.05) is 18.2 Å². The molecule has 2 atom stereocenters. The van der Waals surface area contributed by atoms with E-state index in [0.717, 1.165) is 68.6 Å². The van der Waals surface area contributed by atoms with Crippen LogP contribution in [0.3, 0.4) is 0 Å². The third-order valence-electron chi connectivity index (χ3n) is 12.5. The number of fused-ring (bicyclic) bond motifs is 1. The summed E-state index contributed by atoms with van der Waals surface area (Å²) in [6, 6.07) is 16.2. The number of hydrogen-bond donors (Lipinski definition) is 3. The minimum Gasteiger partial charge on any atom is -0.444 e. The molecule has 17 nitrogen and oxygen atoms in total. The van der Waals surface area contributed by atoms with Crippen molar-refractivity contribution in [2.75, 3.05) is 57.0 Å². The number of hydrogen-bond acceptors (Lipinski definition) is 12. The number of aromatic nitrogens is 6. The smallest absolute Gasteiger partial charge is 0.329 e. The van der Waals surface area contributed by atoms with Gasteiger partial charge in [-0.05, 0) is 106 Å². The Balaban J connectivity index is 0.735. The standard InChI is InChI=1S/C47H53F2N11O6/c1-56(19-16-34-26-58(20-21-65-34)18-3-4-29-9-12-37-39(22-29)57(2)47(64)60(37)38-13-14-41(61)54-45(38)63)25-31-7-10-33(11-8-31)59-27-35(42(55-59)43(48)49)52-44(62)36-28-66-46(53-36)32-15-17-50-40(23-32)51-24-30-5-6-30/h7-12,15,17,22-23,27-28,30,34,38,43H,3-6,13-14,16,18-21,24-26H2,1-2H3,(H,50,51)(H,52,62)(H,54,61,63)/t34-,38?/m1/s1. The molecule has 3 fully saturated rings. The van der Waals surface area contributed by atoms with Crippen LogP contribution in [0.5, 0.6) is 0 Å². The maximum Gasteiger partial charge on any atom is 0.329 e. The summed E-state index contributed by atoms with van der Waals surface area (Å²) in [6.07, 6.45) is 6.88. The minimum atomic E-state index is -2.93. The highest BCUT2D eigenvalue weighted by Crippen LogP contribution is 2.31. The van der Waals surface area contributed by atoms with E-state index < -0.39 is 30.0 Å². The molecule has 2 aliphatic heterocycles. The zero-order valence-electron chi connectivity index (χ0n) is 36.9. The van der Waals surface area contributed by atoms with Crippen LogP contribution in [-0.2, 0) is 34.3 Å². The zero-order chi connectivity index (χ0) is 45.9. The molecule has 4 aromatic heterocycles. The Morgan fingerprint density at radius 3 is 2.64 bits per heavy atom. The normalized spacial score (nSPS) is 18.1. The molecule has 9 rings (SSSR count). The van der Waals surface area contributed by atoms with Gasteiger partial charge in [0.05, 0.1) is 41.3 Å². The number of rotatable bonds is 18. The quantitative estimate of drug-likeness (QED) is 0.0893. The molecule has 3 amide bonds. The van der Waals surface area contributed by atoms with Crippen LogP contribution in [0.25, 0.3) is 28.2 Å². The summed E-state index contributed by atoms with van der Waals surface area (Å²) < 4.78 is 44.4. The van der Waals surface area contributed by atoms with E-state index in [1.54, 1.807) is 29.9 Å². The number of amides is 3. The van der Waals surface area contributed by atoms with Gasteiger partial charge < -0.3 is 24.7 Å². The van der Waals surface area contributed by atoms with Gasteiger partial charge in [-0.2, -0.15) is 5.10 Å². The van der Waals surface area contributed by atoms with Crippen molar-refractivity contribution in [2.45, 2.75) is 70.1 Å². The average molecular weight is 906 g/mol. The number of nitrogens with one attached hydrogen (secondary N) is 3. The van der Waals surface area contributed by atoms with E-state index in [1.807, 2.05) is 42.5 Å². The number of ether oxygens (including phenoxy) is 1. The highest BCUT2D eigenvalue weighted by Gasteiger charge is 2.31. The number of nitrogens with zero attached hydrogens (tertiary/aromatic N) is 8. The van der Waals surface area contributed by atoms with Crippen LogP contribution in [0.15, 0.2) is 82.5 Å². The Morgan fingerprint density at radius 1 is 1.03 bits per heavy atom. The second-order valence-corrected chi connectivity index (χ2v) is 17.5. The van der Waals surface area contributed by atoms with E-state index in [0.29, 0.717) is 48.1 Å². The van der Waals surface area contributed by atoms with Crippen LogP contribution in [0, 0.1) is 5.92 Å². The lowest BCUT2D eigenvalue weighted by Gasteiger charge is -2.33. The Bertz CT molecular complexity index is 2780. The van der Waals surface area contributed by atoms with E-state index in [9.17, 15) is 28.0 Å². The molecule has 19 heteroatoms. The van der Waals surface area contributed by atoms with E-state index in [4.69, 9.17) is 9.15 Å². The van der Waals surface area contributed by atoms with Crippen LogP contribution in [0.1, 0.15) is 78.3 Å². The number of benzene rings is 2. The van der Waals surface area contributed by atoms with Crippen LogP contribution in [-0.4, -0.2) is 109 Å². The maximum absolute atomic E-state index is 14.2. The topological polar surface area (TPSA) is 187 Å². The largest absolute Gasteiger partial charge is 0.444 e. The Kier molecular flexibility index (Phi) is 13.2. The zero-order valence-corrected chi connectivity index (χ0v) is 36.9. The first-order valence-electron chi connectivity index (χ1n) is 22.5. The summed E-state index contributed by atoms with van der Waals surface area (Å²) in [6.45, 7) is 5.59. The molecule has 2 saturated heterocycles. The number of carbonyl (C=O) groups is 3. The predicted octanol–water partition coefficient (Wildman–Crippen LogP) is 5.72. The van der Waals surface area contributed by atoms with Crippen molar-refractivity contribution in [3.05, 3.63) is 106 Å². The van der Waals surface area contributed by atoms with Crippen molar-refractivity contribution >= 4 is 40.3 Å². The molecule has 3 N–H and O–H groups in total. The van der Waals surface area contributed by atoms with Gasteiger partial charge in [-0.3, -0.25) is 33.7 Å². The van der Waals surface area contributed by atoms with Gasteiger partial charge in [0.1, 0.15) is 18.1 Å². The lowest BCUT2D eigenvalue weighted by atomic mass is 10.0. The van der Waals surface area contributed by atoms with E-state index in [-0.39, 0.29) is 41.4 Å². The lowest BCUT2D eigenvalue weighted by Crippen LogP contribution is -2.44. The maximum atomic E-state index is 14.2. The van der Waals surface area contributed by atoms with Crippen molar-refractivity contribution in [1.82, 2.24) is 44.0 Å². The molecule has 0 radical (unpaired) electrons. The Morgan fingerprint density at radius 2 is 1.85 bits per heavy atom. The SMILES string of the molecule is CN(CC[C@@H]1CN(CCCc2ccc3c(c2)n(C)c(=O)n3C2CCC(=O)NC2=O)CCO1)Cc1ccc(-n2cc(NC(=O)c3coc(-c4ccnc(NCC5CC5)c4)n3)c(C(F)F)n2)cc1. The van der Waals surface area contributed by atoms with Gasteiger partial charge in [0.15, 0.2) is 11.4 Å². The number of aryl methyl sites for hydroxylation is 2. The molecule has 6 heterocycles. The van der Waals surface area contributed by atoms with Crippen molar-refractivity contribution in [2.24, 2.45) is 13.0 Å². The summed E-state index contributed by atoms with van der Waals surface area (Å²) in [5.41, 5.74) is 3.74. The summed E-state index contributed by atoms with van der Waals surface area (Å²) in [7, 11) is 3.76. The van der Waals surface area contributed by atoms with Crippen molar-refractivity contribution in [1.29, 1.82) is 0 Å². The molecule has 346 valence electrons. The van der Waals surface area contributed by atoms with E-state index in [2.05, 4.69) is 47.9 Å². The summed E-state index contributed by atoms with van der Waals surface area (Å²) >= 11 is 0. The first-order chi connectivity index (χ1) is 31.9. The fourth-order valence-electron chi connectivity index (χ4n) is 8.67. The summed E-state index contributed by atoms with van der Waals surface area (Å²) in [5.74, 6) is 0.0761. The Labute approximate surface area is 379 Å². The fraction of sp³-hybridized carbons (Fsp3) is 0.426. The number of piperidine rings is 1. The highest BCUT2D eigenvalue weighted by atomic mass is 19.3. The number of carbonyl (C=O) groups excluding carboxylic acids is 3. The van der Waals surface area contributed by atoms with Crippen LogP contribution < -0.4 is 21.6 Å². The summed E-state index contributed by atoms with van der Waals surface area (Å²) in [4.78, 5) is 63.9. The molecule has 66 heavy (non-hydrogen) atoms. The van der Waals surface area contributed by atoms with Crippen LogP contribution >= 0.6 is 0 Å². The third-order valence-corrected chi connectivity index (χ3v) is 12.5. The fourth-order valence-corrected chi connectivity index (χ4v) is 8.67. The molecule has 1 aliphatic carbocycles. The number of anilines is 2. The van der Waals surface area contributed by atoms with Gasteiger partial charge in [0.25, 0.3) is 12.3 Å². The first-order valence-corrected chi connectivity index (χ1v) is 22.5. The molecule has 0 spiro atoms. The number of imide groups is 1. The van der Waals surface area contributed by atoms with Crippen LogP contribution in [0.2, 0.25) is 0 Å². The van der Waals surface area contributed by atoms with Gasteiger partial charge in [0.2, 0.25) is 17.7 Å². The number of morpholine rings is 1. The second kappa shape index (κ2) is 19.5. The lowest BCUT2D eigenvalue weighted by molar-refractivity contribution is -0.135. The predicted molar refractivity (Wildman–Crippen MR) is 241 cm³/mol. The number of halogens is 2. The highest BCUT2D eigenvalue weighted by molar-refractivity contribution is 6.03. The Hall–Kier alpha value is -6.57. The number of oxazole rings is 1. The minimum absolute atomic E-state index is 0.0657. The first kappa shape index (κ1) is 44.6. The monoisotopic (exact) mass is 905 g/mol. The van der Waals surface area contributed by atoms with Crippen LogP contribution in [0.4, 0.5) is 20.3 Å².